The number of Topliss-reactive ketones (excluding diaryl/α,β-unsaturated/α-hetero) is 1. The first-order valence-corrected chi connectivity index (χ1v) is 13.7. The zero-order valence-corrected chi connectivity index (χ0v) is 20.6. The number of H-pyrrole nitrogens is 1. The van der Waals surface area contributed by atoms with E-state index in [2.05, 4.69) is 15.6 Å². The molecule has 3 heterocycles. The van der Waals surface area contributed by atoms with Crippen molar-refractivity contribution in [2.45, 2.75) is 75.8 Å². The summed E-state index contributed by atoms with van der Waals surface area (Å²) >= 11 is 0. The van der Waals surface area contributed by atoms with Crippen LogP contribution in [0.2, 0.25) is 0 Å². The van der Waals surface area contributed by atoms with Crippen molar-refractivity contribution in [3.05, 3.63) is 23.0 Å². The largest absolute Gasteiger partial charge is 0.389 e. The number of aromatic nitrogens is 1. The molecule has 9 nitrogen and oxygen atoms in total. The smallest absolute Gasteiger partial charge is 0.270 e. The molecule has 36 heavy (non-hydrogen) atoms. The van der Waals surface area contributed by atoms with Crippen LogP contribution in [0.3, 0.4) is 0 Å². The number of nitrogens with one attached hydrogen (secondary N) is 3. The molecule has 3 aliphatic carbocycles. The van der Waals surface area contributed by atoms with Gasteiger partial charge in [0.25, 0.3) is 5.91 Å². The van der Waals surface area contributed by atoms with Crippen molar-refractivity contribution in [2.75, 3.05) is 19.7 Å². The van der Waals surface area contributed by atoms with E-state index in [1.54, 1.807) is 4.90 Å². The van der Waals surface area contributed by atoms with E-state index < -0.39 is 24.5 Å². The molecule has 7 atom stereocenters. The highest BCUT2D eigenvalue weighted by Crippen LogP contribution is 2.47. The minimum Gasteiger partial charge on any atom is -0.389 e. The zero-order valence-electron chi connectivity index (χ0n) is 20.6. The summed E-state index contributed by atoms with van der Waals surface area (Å²) in [5.74, 6) is 0.0727. The summed E-state index contributed by atoms with van der Waals surface area (Å²) in [6.07, 6.45) is 8.30. The summed E-state index contributed by atoms with van der Waals surface area (Å²) in [5, 5.41) is 15.1. The molecule has 2 saturated heterocycles. The summed E-state index contributed by atoms with van der Waals surface area (Å²) < 4.78 is 0. The van der Waals surface area contributed by atoms with Crippen molar-refractivity contribution in [3.8, 4) is 0 Å². The lowest BCUT2D eigenvalue weighted by molar-refractivity contribution is -0.133. The maximum Gasteiger partial charge on any atom is 0.270 e. The van der Waals surface area contributed by atoms with Gasteiger partial charge in [-0.05, 0) is 86.7 Å². The average molecular weight is 497 g/mol. The van der Waals surface area contributed by atoms with Gasteiger partial charge >= 0.3 is 0 Å². The first kappa shape index (κ1) is 23.7. The third kappa shape index (κ3) is 4.05. The van der Waals surface area contributed by atoms with Crippen LogP contribution in [0, 0.1) is 23.7 Å². The molecule has 194 valence electrons. The number of nitrogens with zero attached hydrogens (tertiary/aromatic N) is 1. The lowest BCUT2D eigenvalue weighted by Gasteiger charge is -2.29. The molecule has 4 N–H and O–H groups in total. The maximum atomic E-state index is 13.8. The van der Waals surface area contributed by atoms with Crippen molar-refractivity contribution in [3.63, 3.8) is 0 Å². The van der Waals surface area contributed by atoms with E-state index >= 15 is 0 Å². The van der Waals surface area contributed by atoms with Gasteiger partial charge in [-0.3, -0.25) is 19.2 Å². The van der Waals surface area contributed by atoms with Gasteiger partial charge in [-0.1, -0.05) is 6.42 Å². The number of fused-ring (bicyclic) bond motifs is 5. The molecule has 3 unspecified atom stereocenters. The number of likely N-dealkylation sites (tertiary alicyclic amines) is 1. The molecular formula is C27H36N4O5. The second kappa shape index (κ2) is 9.32. The number of aliphatic hydroxyl groups is 1. The van der Waals surface area contributed by atoms with Crippen LogP contribution < -0.4 is 10.6 Å². The zero-order chi connectivity index (χ0) is 25.0. The lowest BCUT2D eigenvalue weighted by Crippen LogP contribution is -2.53. The van der Waals surface area contributed by atoms with Crippen LogP contribution in [0.1, 0.15) is 79.0 Å². The standard InChI is InChI=1S/C27H36N4O5/c32-13-22(33)20(10-16-6-7-28-25(16)34)30-26(35)24-19-3-1-2-17(19)12-31(24)27(36)21-11-18-9-14-4-5-15(8-14)23(18)29-21/h11,14-17,19-20,24,29,32H,1-10,12-13H2,(H,28,34)(H,30,35)/t14?,15?,16-,17-,19-,20?,24-/m0/s1. The Hall–Kier alpha value is -2.68. The molecule has 0 aromatic carbocycles. The Morgan fingerprint density at radius 3 is 2.81 bits per heavy atom. The Kier molecular flexibility index (Phi) is 6.14. The quantitative estimate of drug-likeness (QED) is 0.451. The number of carbonyl (C=O) groups is 4. The van der Waals surface area contributed by atoms with E-state index in [4.69, 9.17) is 0 Å². The fourth-order valence-corrected chi connectivity index (χ4v) is 7.79. The highest BCUT2D eigenvalue weighted by atomic mass is 16.3. The summed E-state index contributed by atoms with van der Waals surface area (Å²) in [6, 6.07) is 0.414. The number of ketones is 1. The van der Waals surface area contributed by atoms with Crippen LogP contribution in [-0.2, 0) is 20.8 Å². The van der Waals surface area contributed by atoms with Crippen molar-refractivity contribution in [1.82, 2.24) is 20.5 Å². The van der Waals surface area contributed by atoms with E-state index in [9.17, 15) is 24.3 Å². The van der Waals surface area contributed by atoms with Gasteiger partial charge in [-0.15, -0.1) is 0 Å². The van der Waals surface area contributed by atoms with Gasteiger partial charge < -0.3 is 25.6 Å². The highest BCUT2D eigenvalue weighted by molar-refractivity contribution is 5.98. The number of hydrogen-bond acceptors (Lipinski definition) is 5. The monoisotopic (exact) mass is 496 g/mol. The van der Waals surface area contributed by atoms with Crippen LogP contribution in [0.5, 0.6) is 0 Å². The van der Waals surface area contributed by atoms with Crippen molar-refractivity contribution < 1.29 is 24.3 Å². The van der Waals surface area contributed by atoms with Gasteiger partial charge in [0.05, 0.1) is 6.04 Å². The Bertz CT molecular complexity index is 1080. The SMILES string of the molecule is O=C(CO)C(C[C@@H]1CCNC1=O)NC(=O)[C@@H]1[C@H]2CCC[C@H]2CN1C(=O)c1cc2c([nH]1)C1CCC(C2)C1. The number of aliphatic hydroxyl groups excluding tert-OH is 1. The van der Waals surface area contributed by atoms with Gasteiger partial charge in [0, 0.05) is 24.7 Å². The average Bonchev–Trinajstić information content (AvgIpc) is 3.67. The fraction of sp³-hybridized carbons (Fsp3) is 0.704. The minimum absolute atomic E-state index is 0.0641. The number of aromatic amines is 1. The molecule has 0 radical (unpaired) electrons. The molecule has 3 amide bonds. The molecule has 6 rings (SSSR count). The predicted octanol–water partition coefficient (Wildman–Crippen LogP) is 1.27. The third-order valence-electron chi connectivity index (χ3n) is 9.59. The molecule has 9 heteroatoms. The Morgan fingerprint density at radius 1 is 1.17 bits per heavy atom. The molecule has 5 aliphatic rings. The second-order valence-electron chi connectivity index (χ2n) is 11.7. The Balaban J connectivity index is 1.22. The summed E-state index contributed by atoms with van der Waals surface area (Å²) in [6.45, 7) is 0.393. The summed E-state index contributed by atoms with van der Waals surface area (Å²) in [4.78, 5) is 57.2. The molecule has 2 saturated carbocycles. The van der Waals surface area contributed by atoms with Gasteiger partial charge in [-0.2, -0.15) is 0 Å². The normalized spacial score (nSPS) is 33.2. The molecule has 0 spiro atoms. The second-order valence-corrected chi connectivity index (χ2v) is 11.7. The lowest BCUT2D eigenvalue weighted by atomic mass is 9.88. The van der Waals surface area contributed by atoms with E-state index in [0.29, 0.717) is 37.0 Å². The van der Waals surface area contributed by atoms with Crippen LogP contribution >= 0.6 is 0 Å². The first-order valence-electron chi connectivity index (χ1n) is 13.7. The van der Waals surface area contributed by atoms with Gasteiger partial charge in [0.15, 0.2) is 5.78 Å². The van der Waals surface area contributed by atoms with Gasteiger partial charge in [-0.25, -0.2) is 0 Å². The van der Waals surface area contributed by atoms with Crippen LogP contribution in [0.15, 0.2) is 6.07 Å². The number of amides is 3. The molecule has 4 fully saturated rings. The number of hydrogen-bond donors (Lipinski definition) is 4. The van der Waals surface area contributed by atoms with Crippen LogP contribution in [0.25, 0.3) is 0 Å². The van der Waals surface area contributed by atoms with E-state index in [0.717, 1.165) is 25.7 Å². The molecule has 1 aromatic rings. The van der Waals surface area contributed by atoms with E-state index in [-0.39, 0.29) is 41.9 Å². The van der Waals surface area contributed by atoms with Crippen LogP contribution in [0.4, 0.5) is 0 Å². The topological polar surface area (TPSA) is 132 Å². The Labute approximate surface area is 210 Å². The summed E-state index contributed by atoms with van der Waals surface area (Å²) in [5.41, 5.74) is 3.02. The first-order chi connectivity index (χ1) is 17.4. The third-order valence-corrected chi connectivity index (χ3v) is 9.59. The molecule has 1 aromatic heterocycles. The minimum atomic E-state index is -0.942. The van der Waals surface area contributed by atoms with E-state index in [1.165, 1.54) is 30.5 Å². The van der Waals surface area contributed by atoms with Crippen molar-refractivity contribution >= 4 is 23.5 Å². The Morgan fingerprint density at radius 2 is 2.03 bits per heavy atom. The number of rotatable bonds is 7. The number of carbonyl (C=O) groups excluding carboxylic acids is 4. The fourth-order valence-electron chi connectivity index (χ4n) is 7.79. The summed E-state index contributed by atoms with van der Waals surface area (Å²) in [7, 11) is 0. The maximum absolute atomic E-state index is 13.8. The van der Waals surface area contributed by atoms with Gasteiger partial charge in [0.1, 0.15) is 18.3 Å². The molecule has 2 aliphatic heterocycles. The molecule has 2 bridgehead atoms. The van der Waals surface area contributed by atoms with Crippen molar-refractivity contribution in [2.24, 2.45) is 23.7 Å². The van der Waals surface area contributed by atoms with E-state index in [1.807, 2.05) is 6.07 Å². The van der Waals surface area contributed by atoms with Gasteiger partial charge in [0.2, 0.25) is 11.8 Å². The highest BCUT2D eigenvalue weighted by Gasteiger charge is 2.50. The van der Waals surface area contributed by atoms with Crippen LogP contribution in [-0.4, -0.2) is 70.3 Å². The predicted molar refractivity (Wildman–Crippen MR) is 130 cm³/mol. The molecular weight excluding hydrogens is 460 g/mol. The van der Waals surface area contributed by atoms with Crippen molar-refractivity contribution in [1.29, 1.82) is 0 Å².